The fourth-order valence-electron chi connectivity index (χ4n) is 2.22. The van der Waals surface area contributed by atoms with E-state index in [1.807, 2.05) is 28.7 Å². The van der Waals surface area contributed by atoms with Crippen molar-refractivity contribution in [2.75, 3.05) is 0 Å². The lowest BCUT2D eigenvalue weighted by Crippen LogP contribution is -2.02. The van der Waals surface area contributed by atoms with Crippen LogP contribution < -0.4 is 5.43 Å². The lowest BCUT2D eigenvalue weighted by Gasteiger charge is -2.08. The van der Waals surface area contributed by atoms with Gasteiger partial charge in [-0.1, -0.05) is 0 Å². The Hall–Kier alpha value is -2.84. The molecule has 0 saturated heterocycles. The van der Waals surface area contributed by atoms with Crippen LogP contribution >= 0.6 is 33.9 Å². The van der Waals surface area contributed by atoms with Crippen LogP contribution in [0.3, 0.4) is 0 Å². The van der Waals surface area contributed by atoms with Gasteiger partial charge < -0.3 is 20.4 Å². The molecule has 1 aromatic rings. The van der Waals surface area contributed by atoms with Crippen LogP contribution in [0.2, 0.25) is 0 Å². The highest BCUT2D eigenvalue weighted by molar-refractivity contribution is 14.1. The number of phenolic OH excluding ortho intramolecular Hbond substituents is 4. The normalized spacial score (nSPS) is 11.5. The van der Waals surface area contributed by atoms with Crippen LogP contribution in [-0.4, -0.2) is 25.4 Å². The number of hydrogen-bond donors (Lipinski definition) is 4. The van der Waals surface area contributed by atoms with Gasteiger partial charge in [-0.15, -0.1) is 11.3 Å². The molecule has 26 heavy (non-hydrogen) atoms. The fraction of sp³-hybridized carbons (Fsp3) is 0. The zero-order chi connectivity index (χ0) is 19.0. The second-order valence-corrected chi connectivity index (χ2v) is 7.36. The van der Waals surface area contributed by atoms with Crippen molar-refractivity contribution >= 4 is 45.6 Å². The number of hydrogen-bond acceptors (Lipinski definition) is 8. The molecule has 0 fully saturated rings. The zero-order valence-corrected chi connectivity index (χ0v) is 15.7. The number of allylic oxidation sites excluding steroid dienone is 1. The maximum Gasteiger partial charge on any atom is 0.263 e. The molecule has 0 aromatic heterocycles. The summed E-state index contributed by atoms with van der Waals surface area (Å²) in [6.45, 7) is 0. The Balaban J connectivity index is 2.17. The average molecular weight is 480 g/mol. The average Bonchev–Trinajstić information content (AvgIpc) is 2.62. The Morgan fingerprint density at radius 3 is 2.54 bits per heavy atom. The molecule has 1 aliphatic carbocycles. The molecule has 0 bridgehead atoms. The third-order valence-corrected chi connectivity index (χ3v) is 5.44. The van der Waals surface area contributed by atoms with Gasteiger partial charge in [-0.25, -0.2) is 4.98 Å². The van der Waals surface area contributed by atoms with Gasteiger partial charge in [0, 0.05) is 11.8 Å². The largest absolute Gasteiger partial charge is 0.504 e. The van der Waals surface area contributed by atoms with Gasteiger partial charge in [0.25, 0.3) is 5.43 Å². The maximum absolute atomic E-state index is 11.7. The summed E-state index contributed by atoms with van der Waals surface area (Å²) in [7, 11) is 0. The minimum atomic E-state index is -0.897. The lowest BCUT2D eigenvalue weighted by atomic mass is 10.1. The van der Waals surface area contributed by atoms with Crippen LogP contribution in [0.4, 0.5) is 0 Å². The van der Waals surface area contributed by atoms with Crippen molar-refractivity contribution in [2.24, 2.45) is 0 Å². The molecule has 3 rings (SSSR count). The minimum absolute atomic E-state index is 0.137. The maximum atomic E-state index is 11.7. The molecule has 1 aliphatic heterocycles. The van der Waals surface area contributed by atoms with Gasteiger partial charge in [0.05, 0.1) is 14.0 Å². The molecule has 130 valence electrons. The van der Waals surface area contributed by atoms with E-state index < -0.39 is 16.9 Å². The monoisotopic (exact) mass is 480 g/mol. The van der Waals surface area contributed by atoms with Crippen molar-refractivity contribution in [3.05, 3.63) is 48.8 Å². The first-order valence-corrected chi connectivity index (χ1v) is 8.89. The molecule has 0 spiro atoms. The Kier molecular flexibility index (Phi) is 4.71. The molecule has 0 unspecified atom stereocenters. The Morgan fingerprint density at radius 2 is 1.88 bits per heavy atom. The highest BCUT2D eigenvalue weighted by Gasteiger charge is 2.18. The number of nitriles is 1. The summed E-state index contributed by atoms with van der Waals surface area (Å²) >= 11 is 2.77. The van der Waals surface area contributed by atoms with Crippen LogP contribution in [0.15, 0.2) is 29.2 Å². The van der Waals surface area contributed by atoms with E-state index in [4.69, 9.17) is 0 Å². The molecule has 0 amide bonds. The summed E-state index contributed by atoms with van der Waals surface area (Å²) in [5.74, 6) is -1.76. The van der Waals surface area contributed by atoms with Gasteiger partial charge in [-0.3, -0.25) is 4.79 Å². The van der Waals surface area contributed by atoms with Crippen molar-refractivity contribution in [3.63, 3.8) is 0 Å². The molecular formula is C17H9IN2O5S. The molecule has 9 heteroatoms. The number of benzene rings is 2. The molecule has 1 heterocycles. The van der Waals surface area contributed by atoms with Crippen LogP contribution in [-0.2, 0) is 0 Å². The predicted octanol–water partition coefficient (Wildman–Crippen LogP) is 3.10. The second kappa shape index (κ2) is 6.81. The van der Waals surface area contributed by atoms with E-state index in [-0.39, 0.29) is 27.0 Å². The zero-order valence-electron chi connectivity index (χ0n) is 12.8. The summed E-state index contributed by atoms with van der Waals surface area (Å²) in [6, 6.07) is 6.05. The van der Waals surface area contributed by atoms with Crippen molar-refractivity contribution in [3.8, 4) is 39.5 Å². The number of phenols is 4. The summed E-state index contributed by atoms with van der Waals surface area (Å²) in [5, 5.41) is 48.4. The van der Waals surface area contributed by atoms with E-state index in [1.165, 1.54) is 24.4 Å². The topological polar surface area (TPSA) is 135 Å². The number of aromatic hydroxyl groups is 4. The molecule has 1 aromatic carbocycles. The van der Waals surface area contributed by atoms with Crippen LogP contribution in [0, 0.1) is 14.9 Å². The third-order valence-electron chi connectivity index (χ3n) is 3.46. The van der Waals surface area contributed by atoms with Gasteiger partial charge in [0.15, 0.2) is 23.0 Å². The van der Waals surface area contributed by atoms with E-state index in [2.05, 4.69) is 4.98 Å². The first kappa shape index (κ1) is 18.0. The van der Waals surface area contributed by atoms with Gasteiger partial charge in [-0.2, -0.15) is 5.26 Å². The van der Waals surface area contributed by atoms with Crippen LogP contribution in [0.25, 0.3) is 22.1 Å². The Labute approximate surface area is 164 Å². The Morgan fingerprint density at radius 1 is 1.15 bits per heavy atom. The smallest absolute Gasteiger partial charge is 0.263 e. The van der Waals surface area contributed by atoms with Crippen LogP contribution in [0.5, 0.6) is 23.0 Å². The van der Waals surface area contributed by atoms with Gasteiger partial charge >= 0.3 is 0 Å². The summed E-state index contributed by atoms with van der Waals surface area (Å²) in [6.07, 6.45) is 2.80. The van der Waals surface area contributed by atoms with Crippen molar-refractivity contribution in [2.45, 2.75) is 0 Å². The molecule has 7 nitrogen and oxygen atoms in total. The molecule has 4 N–H and O–H groups in total. The molecular weight excluding hydrogens is 471 g/mol. The SMILES string of the molecule is N#C/C(=C\c1cc(O)c(O)c(I)c1)c1ncc2cc(O)c(=O)c(O)c-2s1. The van der Waals surface area contributed by atoms with Gasteiger partial charge in [0.2, 0.25) is 0 Å². The number of rotatable bonds is 2. The highest BCUT2D eigenvalue weighted by atomic mass is 127. The summed E-state index contributed by atoms with van der Waals surface area (Å²) in [5.41, 5.74) is 0.0707. The van der Waals surface area contributed by atoms with Gasteiger partial charge in [-0.05, 0) is 52.4 Å². The lowest BCUT2D eigenvalue weighted by molar-refractivity contribution is 0.401. The predicted molar refractivity (Wildman–Crippen MR) is 104 cm³/mol. The van der Waals surface area contributed by atoms with E-state index >= 15 is 0 Å². The fourth-order valence-corrected chi connectivity index (χ4v) is 3.78. The molecule has 2 aliphatic rings. The first-order valence-electron chi connectivity index (χ1n) is 7.00. The van der Waals surface area contributed by atoms with Crippen molar-refractivity contribution < 1.29 is 20.4 Å². The standard InChI is InChI=1S/C17H9IN2O5S/c18-10-2-7(3-11(21)13(10)23)1-8(5-19)17-20-6-9-4-12(22)14(24)15(25)16(9)26-17/h1-4,6,21-23,25H/b8-1+. The Bertz CT molecular complexity index is 1110. The molecule has 0 saturated carbocycles. The number of nitrogens with zero attached hydrogens (tertiary/aromatic N) is 2. The quantitative estimate of drug-likeness (QED) is 0.252. The van der Waals surface area contributed by atoms with Crippen molar-refractivity contribution in [1.82, 2.24) is 4.98 Å². The summed E-state index contributed by atoms with van der Waals surface area (Å²) in [4.78, 5) is 16.0. The molecule has 0 atom stereocenters. The van der Waals surface area contributed by atoms with Crippen LogP contribution in [0.1, 0.15) is 10.6 Å². The second-order valence-electron chi connectivity index (χ2n) is 5.20. The minimum Gasteiger partial charge on any atom is -0.504 e. The van der Waals surface area contributed by atoms with Crippen molar-refractivity contribution in [1.29, 1.82) is 5.26 Å². The molecule has 0 radical (unpaired) electrons. The number of aromatic nitrogens is 1. The van der Waals surface area contributed by atoms with Gasteiger partial charge in [0.1, 0.15) is 11.1 Å². The van der Waals surface area contributed by atoms with E-state index in [1.54, 1.807) is 6.07 Å². The van der Waals surface area contributed by atoms with E-state index in [9.17, 15) is 30.5 Å². The van der Waals surface area contributed by atoms with E-state index in [0.29, 0.717) is 14.7 Å². The van der Waals surface area contributed by atoms with E-state index in [0.717, 1.165) is 11.3 Å². The summed E-state index contributed by atoms with van der Waals surface area (Å²) < 4.78 is 0.408. The number of halogens is 1. The number of fused-ring (bicyclic) bond motifs is 1. The highest BCUT2D eigenvalue weighted by Crippen LogP contribution is 2.38. The first-order chi connectivity index (χ1) is 12.3. The third kappa shape index (κ3) is 3.16.